The zero-order valence-corrected chi connectivity index (χ0v) is 14.1. The molecule has 0 atom stereocenters. The van der Waals surface area contributed by atoms with Gasteiger partial charge >= 0.3 is 0 Å². The molecule has 4 nitrogen and oxygen atoms in total. The van der Waals surface area contributed by atoms with Gasteiger partial charge in [0.2, 0.25) is 0 Å². The SMILES string of the molecule is Cc1nc(NCc2ccccc2)cc(N(C)Cc2ccccc2)n1. The molecule has 0 amide bonds. The highest BCUT2D eigenvalue weighted by molar-refractivity contribution is 5.49. The zero-order chi connectivity index (χ0) is 16.8. The highest BCUT2D eigenvalue weighted by atomic mass is 15.2. The topological polar surface area (TPSA) is 41.1 Å². The van der Waals surface area contributed by atoms with E-state index in [1.165, 1.54) is 11.1 Å². The van der Waals surface area contributed by atoms with Gasteiger partial charge in [0.25, 0.3) is 0 Å². The normalized spacial score (nSPS) is 10.4. The second-order valence-corrected chi connectivity index (χ2v) is 5.84. The third kappa shape index (κ3) is 4.32. The molecule has 0 aliphatic rings. The van der Waals surface area contributed by atoms with Crippen LogP contribution in [0.5, 0.6) is 0 Å². The molecule has 3 aromatic rings. The Kier molecular flexibility index (Phi) is 5.06. The summed E-state index contributed by atoms with van der Waals surface area (Å²) in [5.41, 5.74) is 2.49. The first-order valence-electron chi connectivity index (χ1n) is 8.09. The first kappa shape index (κ1) is 16.0. The number of aryl methyl sites for hydroxylation is 1. The van der Waals surface area contributed by atoms with E-state index in [1.54, 1.807) is 0 Å². The molecule has 0 fully saturated rings. The van der Waals surface area contributed by atoms with E-state index >= 15 is 0 Å². The number of rotatable bonds is 6. The Morgan fingerprint density at radius 2 is 1.50 bits per heavy atom. The molecule has 1 aromatic heterocycles. The highest BCUT2D eigenvalue weighted by Gasteiger charge is 2.07. The van der Waals surface area contributed by atoms with Crippen LogP contribution in [-0.2, 0) is 13.1 Å². The van der Waals surface area contributed by atoms with E-state index in [0.717, 1.165) is 30.5 Å². The minimum atomic E-state index is 0.749. The number of aromatic nitrogens is 2. The van der Waals surface area contributed by atoms with Crippen LogP contribution in [0.2, 0.25) is 0 Å². The molecule has 2 aromatic carbocycles. The molecular formula is C20H22N4. The molecular weight excluding hydrogens is 296 g/mol. The molecule has 4 heteroatoms. The summed E-state index contributed by atoms with van der Waals surface area (Å²) in [6.07, 6.45) is 0. The summed E-state index contributed by atoms with van der Waals surface area (Å²) in [5, 5.41) is 3.38. The van der Waals surface area contributed by atoms with Gasteiger partial charge in [0.1, 0.15) is 17.5 Å². The van der Waals surface area contributed by atoms with Crippen molar-refractivity contribution in [2.24, 2.45) is 0 Å². The average molecular weight is 318 g/mol. The third-order valence-corrected chi connectivity index (χ3v) is 3.79. The van der Waals surface area contributed by atoms with Gasteiger partial charge in [-0.3, -0.25) is 0 Å². The Hall–Kier alpha value is -2.88. The van der Waals surface area contributed by atoms with Crippen LogP contribution in [0.15, 0.2) is 66.7 Å². The van der Waals surface area contributed by atoms with Crippen LogP contribution < -0.4 is 10.2 Å². The van der Waals surface area contributed by atoms with Crippen molar-refractivity contribution in [3.8, 4) is 0 Å². The van der Waals surface area contributed by atoms with Crippen molar-refractivity contribution in [1.82, 2.24) is 9.97 Å². The van der Waals surface area contributed by atoms with Crippen molar-refractivity contribution in [3.63, 3.8) is 0 Å². The van der Waals surface area contributed by atoms with E-state index < -0.39 is 0 Å². The summed E-state index contributed by atoms with van der Waals surface area (Å²) >= 11 is 0. The van der Waals surface area contributed by atoms with Gasteiger partial charge in [-0.1, -0.05) is 60.7 Å². The van der Waals surface area contributed by atoms with Gasteiger partial charge < -0.3 is 10.2 Å². The van der Waals surface area contributed by atoms with Gasteiger partial charge in [0.05, 0.1) is 0 Å². The smallest absolute Gasteiger partial charge is 0.134 e. The molecule has 0 saturated heterocycles. The highest BCUT2D eigenvalue weighted by Crippen LogP contribution is 2.17. The second kappa shape index (κ2) is 7.59. The van der Waals surface area contributed by atoms with E-state index in [1.807, 2.05) is 37.3 Å². The van der Waals surface area contributed by atoms with E-state index in [0.29, 0.717) is 0 Å². The summed E-state index contributed by atoms with van der Waals surface area (Å²) in [6.45, 7) is 3.49. The monoisotopic (exact) mass is 318 g/mol. The Morgan fingerprint density at radius 1 is 0.875 bits per heavy atom. The number of hydrogen-bond acceptors (Lipinski definition) is 4. The molecule has 1 heterocycles. The lowest BCUT2D eigenvalue weighted by Crippen LogP contribution is -2.18. The first-order chi connectivity index (χ1) is 11.7. The third-order valence-electron chi connectivity index (χ3n) is 3.79. The van der Waals surface area contributed by atoms with Gasteiger partial charge in [-0.05, 0) is 18.1 Å². The van der Waals surface area contributed by atoms with E-state index in [-0.39, 0.29) is 0 Å². The maximum absolute atomic E-state index is 4.56. The maximum atomic E-state index is 4.56. The first-order valence-corrected chi connectivity index (χ1v) is 8.09. The number of anilines is 2. The minimum absolute atomic E-state index is 0.749. The quantitative estimate of drug-likeness (QED) is 0.745. The average Bonchev–Trinajstić information content (AvgIpc) is 2.61. The van der Waals surface area contributed by atoms with Crippen LogP contribution in [0.3, 0.4) is 0 Å². The molecule has 3 rings (SSSR count). The summed E-state index contributed by atoms with van der Waals surface area (Å²) < 4.78 is 0. The van der Waals surface area contributed by atoms with Crippen LogP contribution >= 0.6 is 0 Å². The van der Waals surface area contributed by atoms with Crippen molar-refractivity contribution in [3.05, 3.63) is 83.7 Å². The minimum Gasteiger partial charge on any atom is -0.366 e. The number of nitrogens with zero attached hydrogens (tertiary/aromatic N) is 3. The van der Waals surface area contributed by atoms with Crippen LogP contribution in [0.25, 0.3) is 0 Å². The predicted molar refractivity (Wildman–Crippen MR) is 99.1 cm³/mol. The Balaban J connectivity index is 1.71. The van der Waals surface area contributed by atoms with Crippen molar-refractivity contribution in [1.29, 1.82) is 0 Å². The number of benzene rings is 2. The molecule has 0 spiro atoms. The lowest BCUT2D eigenvalue weighted by Gasteiger charge is -2.19. The summed E-state index contributed by atoms with van der Waals surface area (Å²) in [4.78, 5) is 11.2. The lowest BCUT2D eigenvalue weighted by atomic mass is 10.2. The fourth-order valence-corrected chi connectivity index (χ4v) is 2.56. The van der Waals surface area contributed by atoms with Crippen molar-refractivity contribution < 1.29 is 0 Å². The Bertz CT molecular complexity index is 772. The fourth-order valence-electron chi connectivity index (χ4n) is 2.56. The van der Waals surface area contributed by atoms with E-state index in [2.05, 4.69) is 63.6 Å². The lowest BCUT2D eigenvalue weighted by molar-refractivity contribution is 0.878. The van der Waals surface area contributed by atoms with Crippen molar-refractivity contribution >= 4 is 11.6 Å². The largest absolute Gasteiger partial charge is 0.366 e. The molecule has 122 valence electrons. The Morgan fingerprint density at radius 3 is 2.17 bits per heavy atom. The molecule has 0 aliphatic carbocycles. The Labute approximate surface area is 143 Å². The van der Waals surface area contributed by atoms with Crippen LogP contribution in [0.4, 0.5) is 11.6 Å². The van der Waals surface area contributed by atoms with E-state index in [9.17, 15) is 0 Å². The van der Waals surface area contributed by atoms with E-state index in [4.69, 9.17) is 0 Å². The zero-order valence-electron chi connectivity index (χ0n) is 14.1. The molecule has 1 N–H and O–H groups in total. The number of nitrogens with one attached hydrogen (secondary N) is 1. The predicted octanol–water partition coefficient (Wildman–Crippen LogP) is 4.03. The van der Waals surface area contributed by atoms with Crippen LogP contribution in [0.1, 0.15) is 17.0 Å². The molecule has 0 aliphatic heterocycles. The molecule has 0 radical (unpaired) electrons. The summed E-state index contributed by atoms with van der Waals surface area (Å²) in [5.74, 6) is 2.53. The second-order valence-electron chi connectivity index (χ2n) is 5.84. The molecule has 0 saturated carbocycles. The van der Waals surface area contributed by atoms with Gasteiger partial charge in [0.15, 0.2) is 0 Å². The van der Waals surface area contributed by atoms with Crippen LogP contribution in [-0.4, -0.2) is 17.0 Å². The molecule has 0 bridgehead atoms. The standard InChI is InChI=1S/C20H22N4/c1-16-22-19(21-14-17-9-5-3-6-10-17)13-20(23-16)24(2)15-18-11-7-4-8-12-18/h3-13H,14-15H2,1-2H3,(H,21,22,23). The van der Waals surface area contributed by atoms with Crippen LogP contribution in [0, 0.1) is 6.92 Å². The van der Waals surface area contributed by atoms with Gasteiger partial charge in [-0.2, -0.15) is 0 Å². The van der Waals surface area contributed by atoms with Crippen molar-refractivity contribution in [2.45, 2.75) is 20.0 Å². The summed E-state index contributed by atoms with van der Waals surface area (Å²) in [6, 6.07) is 22.7. The molecule has 24 heavy (non-hydrogen) atoms. The fraction of sp³-hybridized carbons (Fsp3) is 0.200. The maximum Gasteiger partial charge on any atom is 0.134 e. The van der Waals surface area contributed by atoms with Gasteiger partial charge in [-0.15, -0.1) is 0 Å². The van der Waals surface area contributed by atoms with Gasteiger partial charge in [0, 0.05) is 26.2 Å². The van der Waals surface area contributed by atoms with Gasteiger partial charge in [-0.25, -0.2) is 9.97 Å². The summed E-state index contributed by atoms with van der Waals surface area (Å²) in [7, 11) is 2.05. The van der Waals surface area contributed by atoms with Crippen molar-refractivity contribution in [2.75, 3.05) is 17.3 Å². The molecule has 0 unspecified atom stereocenters. The number of hydrogen-bond donors (Lipinski definition) is 1.